The van der Waals surface area contributed by atoms with Gasteiger partial charge >= 0.3 is 10.1 Å². The average molecular weight is 595 g/mol. The number of halogens is 1. The van der Waals surface area contributed by atoms with E-state index in [0.29, 0.717) is 10.0 Å². The molecule has 1 fully saturated rings. The maximum atomic E-state index is 13.1. The van der Waals surface area contributed by atoms with Crippen LogP contribution in [-0.4, -0.2) is 24.5 Å². The second-order valence-electron chi connectivity index (χ2n) is 8.45. The Bertz CT molecular complexity index is 1680. The molecule has 4 aromatic rings. The van der Waals surface area contributed by atoms with Crippen molar-refractivity contribution in [1.29, 1.82) is 0 Å². The van der Waals surface area contributed by atoms with Gasteiger partial charge in [-0.15, -0.1) is 0 Å². The van der Waals surface area contributed by atoms with Gasteiger partial charge in [0.25, 0.3) is 11.1 Å². The lowest BCUT2D eigenvalue weighted by Crippen LogP contribution is -2.27. The van der Waals surface area contributed by atoms with E-state index < -0.39 is 10.1 Å². The fourth-order valence-corrected chi connectivity index (χ4v) is 6.30. The number of benzene rings is 4. The van der Waals surface area contributed by atoms with Gasteiger partial charge in [0.05, 0.1) is 15.9 Å². The molecule has 1 heterocycles. The molecule has 1 aliphatic rings. The number of rotatable bonds is 6. The first-order valence-corrected chi connectivity index (χ1v) is 14.3. The minimum Gasteiger partial charge on any atom is -0.378 e. The highest BCUT2D eigenvalue weighted by Gasteiger charge is 2.35. The topological polar surface area (TPSA) is 80.8 Å². The van der Waals surface area contributed by atoms with Gasteiger partial charge in [-0.25, -0.2) is 0 Å². The van der Waals surface area contributed by atoms with Crippen LogP contribution < -0.4 is 4.18 Å². The Balaban J connectivity index is 1.35. The molecule has 5 rings (SSSR count). The summed E-state index contributed by atoms with van der Waals surface area (Å²) in [4.78, 5) is 27.3. The molecule has 0 aromatic heterocycles. The van der Waals surface area contributed by atoms with Crippen LogP contribution in [0.2, 0.25) is 0 Å². The van der Waals surface area contributed by atoms with Gasteiger partial charge in [0, 0.05) is 0 Å². The summed E-state index contributed by atoms with van der Waals surface area (Å²) in [5, 5.41) is 1.69. The van der Waals surface area contributed by atoms with E-state index in [9.17, 15) is 18.0 Å². The lowest BCUT2D eigenvalue weighted by molar-refractivity contribution is -0.123. The number of imide groups is 1. The van der Waals surface area contributed by atoms with Crippen LogP contribution in [0.1, 0.15) is 16.7 Å². The van der Waals surface area contributed by atoms with Crippen LogP contribution in [0.4, 0.5) is 4.79 Å². The maximum absolute atomic E-state index is 13.1. The first-order chi connectivity index (χ1) is 17.7. The summed E-state index contributed by atoms with van der Waals surface area (Å²) in [6.45, 7) is 2.04. The number of aryl methyl sites for hydroxylation is 1. The van der Waals surface area contributed by atoms with Crippen molar-refractivity contribution < 1.29 is 22.2 Å². The van der Waals surface area contributed by atoms with E-state index >= 15 is 0 Å². The molecule has 4 aromatic carbocycles. The van der Waals surface area contributed by atoms with Crippen molar-refractivity contribution in [3.05, 3.63) is 111 Å². The molecule has 2 amide bonds. The monoisotopic (exact) mass is 593 g/mol. The fraction of sp³-hybridized carbons (Fsp3) is 0.0714. The zero-order valence-electron chi connectivity index (χ0n) is 19.6. The molecule has 0 spiro atoms. The smallest absolute Gasteiger partial charge is 0.339 e. The fourth-order valence-electron chi connectivity index (χ4n) is 3.93. The number of hydrogen-bond donors (Lipinski definition) is 0. The quantitative estimate of drug-likeness (QED) is 0.178. The Morgan fingerprint density at radius 3 is 2.43 bits per heavy atom. The average Bonchev–Trinajstić information content (AvgIpc) is 3.13. The van der Waals surface area contributed by atoms with Gasteiger partial charge in [-0.1, -0.05) is 66.2 Å². The van der Waals surface area contributed by atoms with E-state index in [0.717, 1.165) is 33.7 Å². The predicted molar refractivity (Wildman–Crippen MR) is 149 cm³/mol. The van der Waals surface area contributed by atoms with Crippen LogP contribution in [0.3, 0.4) is 0 Å². The number of thioether (sulfide) groups is 1. The van der Waals surface area contributed by atoms with Crippen LogP contribution in [0.5, 0.6) is 5.75 Å². The van der Waals surface area contributed by atoms with Crippen LogP contribution in [0, 0.1) is 6.92 Å². The summed E-state index contributed by atoms with van der Waals surface area (Å²) in [7, 11) is -4.01. The highest BCUT2D eigenvalue weighted by atomic mass is 79.9. The van der Waals surface area contributed by atoms with Crippen molar-refractivity contribution in [2.24, 2.45) is 0 Å². The first-order valence-electron chi connectivity index (χ1n) is 11.2. The Morgan fingerprint density at radius 2 is 1.68 bits per heavy atom. The van der Waals surface area contributed by atoms with Gasteiger partial charge < -0.3 is 4.18 Å². The molecule has 0 unspecified atom stereocenters. The molecule has 0 radical (unpaired) electrons. The van der Waals surface area contributed by atoms with Crippen molar-refractivity contribution in [2.45, 2.75) is 18.4 Å². The van der Waals surface area contributed by atoms with Crippen molar-refractivity contribution in [2.75, 3.05) is 0 Å². The van der Waals surface area contributed by atoms with Crippen molar-refractivity contribution >= 4 is 65.8 Å². The maximum Gasteiger partial charge on any atom is 0.339 e. The van der Waals surface area contributed by atoms with Crippen LogP contribution in [0.15, 0.2) is 99.2 Å². The zero-order chi connectivity index (χ0) is 26.2. The normalized spacial score (nSPS) is 15.1. The Morgan fingerprint density at radius 1 is 0.946 bits per heavy atom. The largest absolute Gasteiger partial charge is 0.378 e. The van der Waals surface area contributed by atoms with E-state index in [1.807, 2.05) is 49.4 Å². The lowest BCUT2D eigenvalue weighted by atomic mass is 10.0. The molecule has 9 heteroatoms. The number of carbonyl (C=O) groups is 2. The van der Waals surface area contributed by atoms with Gasteiger partial charge in [0.15, 0.2) is 5.75 Å². The summed E-state index contributed by atoms with van der Waals surface area (Å²) in [6, 6.07) is 24.8. The highest BCUT2D eigenvalue weighted by molar-refractivity contribution is 9.10. The van der Waals surface area contributed by atoms with Crippen LogP contribution in [-0.2, 0) is 21.5 Å². The van der Waals surface area contributed by atoms with Crippen LogP contribution in [0.25, 0.3) is 16.8 Å². The zero-order valence-corrected chi connectivity index (χ0v) is 22.8. The summed E-state index contributed by atoms with van der Waals surface area (Å²) in [5.74, 6) is -0.261. The molecular weight excluding hydrogens is 574 g/mol. The van der Waals surface area contributed by atoms with E-state index in [4.69, 9.17) is 4.18 Å². The molecule has 0 N–H and O–H groups in total. The number of amides is 2. The summed E-state index contributed by atoms with van der Waals surface area (Å²) in [5.41, 5.74) is 2.44. The highest BCUT2D eigenvalue weighted by Crippen LogP contribution is 2.36. The molecule has 1 saturated heterocycles. The minimum absolute atomic E-state index is 0.0499. The predicted octanol–water partition coefficient (Wildman–Crippen LogP) is 6.91. The third-order valence-electron chi connectivity index (χ3n) is 5.84. The third-order valence-corrected chi connectivity index (χ3v) is 8.62. The second-order valence-corrected chi connectivity index (χ2v) is 11.8. The molecule has 0 bridgehead atoms. The van der Waals surface area contributed by atoms with Crippen molar-refractivity contribution in [3.63, 3.8) is 0 Å². The Labute approximate surface area is 227 Å². The summed E-state index contributed by atoms with van der Waals surface area (Å²) in [6.07, 6.45) is 1.61. The standard InChI is InChI=1S/C28H20BrNO5S2/c1-18-9-12-22(13-10-18)37(33,34)35-25-14-11-19(15-24(25)29)16-26-27(31)30(28(32)36-26)17-21-7-4-6-20-5-2-3-8-23(20)21/h2-16H,17H2,1H3/b26-16-. The van der Waals surface area contributed by atoms with Crippen LogP contribution >= 0.6 is 27.7 Å². The van der Waals surface area contributed by atoms with Crippen molar-refractivity contribution in [1.82, 2.24) is 4.90 Å². The lowest BCUT2D eigenvalue weighted by Gasteiger charge is -2.14. The molecular formula is C28H20BrNO5S2. The van der Waals surface area contributed by atoms with E-state index in [2.05, 4.69) is 15.9 Å². The molecule has 0 atom stereocenters. The molecule has 37 heavy (non-hydrogen) atoms. The summed E-state index contributed by atoms with van der Waals surface area (Å²) >= 11 is 4.23. The Kier molecular flexibility index (Phi) is 6.94. The molecule has 1 aliphatic heterocycles. The minimum atomic E-state index is -4.01. The van der Waals surface area contributed by atoms with Crippen molar-refractivity contribution in [3.8, 4) is 5.75 Å². The van der Waals surface area contributed by atoms with Gasteiger partial charge in [0.1, 0.15) is 4.90 Å². The summed E-state index contributed by atoms with van der Waals surface area (Å²) < 4.78 is 31.0. The van der Waals surface area contributed by atoms with Gasteiger partial charge in [-0.3, -0.25) is 14.5 Å². The number of carbonyl (C=O) groups excluding carboxylic acids is 2. The molecule has 6 nitrogen and oxygen atoms in total. The number of fused-ring (bicyclic) bond motifs is 1. The first kappa shape index (κ1) is 25.3. The SMILES string of the molecule is Cc1ccc(S(=O)(=O)Oc2ccc(/C=C3\SC(=O)N(Cc4cccc5ccccc45)C3=O)cc2Br)cc1. The molecule has 0 aliphatic carbocycles. The molecule has 0 saturated carbocycles. The van der Waals surface area contributed by atoms with E-state index in [-0.39, 0.29) is 33.2 Å². The second kappa shape index (κ2) is 10.2. The van der Waals surface area contributed by atoms with E-state index in [1.54, 1.807) is 30.3 Å². The number of nitrogens with zero attached hydrogens (tertiary/aromatic N) is 1. The third kappa shape index (κ3) is 5.34. The molecule has 186 valence electrons. The van der Waals surface area contributed by atoms with Gasteiger partial charge in [-0.2, -0.15) is 8.42 Å². The number of hydrogen-bond acceptors (Lipinski definition) is 6. The Hall–Kier alpha value is -3.40. The van der Waals surface area contributed by atoms with E-state index in [1.165, 1.54) is 23.1 Å². The van der Waals surface area contributed by atoms with Gasteiger partial charge in [0.2, 0.25) is 0 Å². The van der Waals surface area contributed by atoms with Gasteiger partial charge in [-0.05, 0) is 86.9 Å².